The lowest BCUT2D eigenvalue weighted by atomic mass is 10.1. The lowest BCUT2D eigenvalue weighted by Crippen LogP contribution is -2.23. The molecule has 0 radical (unpaired) electrons. The highest BCUT2D eigenvalue weighted by Crippen LogP contribution is 2.39. The van der Waals surface area contributed by atoms with Gasteiger partial charge in [0.25, 0.3) is 0 Å². The summed E-state index contributed by atoms with van der Waals surface area (Å²) in [5, 5.41) is 6.47. The number of ether oxygens (including phenoxy) is 2. The number of methoxy groups -OCH3 is 1. The Labute approximate surface area is 198 Å². The van der Waals surface area contributed by atoms with Gasteiger partial charge in [0.2, 0.25) is 5.91 Å². The number of rotatable bonds is 16. The Morgan fingerprint density at radius 1 is 1.00 bits per heavy atom. The summed E-state index contributed by atoms with van der Waals surface area (Å²) >= 11 is 0. The minimum Gasteiger partial charge on any atom is -0.493 e. The third-order valence-corrected chi connectivity index (χ3v) is 5.33. The molecule has 0 fully saturated rings. The molecule has 6 heteroatoms. The normalized spacial score (nSPS) is 10.9. The molecule has 0 unspecified atom stereocenters. The van der Waals surface area contributed by atoms with Crippen LogP contribution in [0.5, 0.6) is 11.5 Å². The first-order chi connectivity index (χ1) is 16.2. The fraction of sp³-hybridized carbons (Fsp3) is 0.481. The summed E-state index contributed by atoms with van der Waals surface area (Å²) in [6.45, 7) is 6.41. The Morgan fingerprint density at radius 2 is 1.76 bits per heavy atom. The number of pyridine rings is 1. The van der Waals surface area contributed by atoms with E-state index in [4.69, 9.17) is 9.47 Å². The van der Waals surface area contributed by atoms with Gasteiger partial charge in [-0.3, -0.25) is 9.78 Å². The number of amides is 1. The van der Waals surface area contributed by atoms with Crippen molar-refractivity contribution < 1.29 is 14.3 Å². The number of benzene rings is 1. The molecule has 1 amide bonds. The highest BCUT2D eigenvalue weighted by Gasteiger charge is 2.15. The van der Waals surface area contributed by atoms with Crippen LogP contribution in [0.1, 0.15) is 63.5 Å². The quantitative estimate of drug-likeness (QED) is 0.254. The van der Waals surface area contributed by atoms with E-state index < -0.39 is 0 Å². The molecule has 0 aliphatic rings. The highest BCUT2D eigenvalue weighted by atomic mass is 16.5. The first kappa shape index (κ1) is 26.2. The van der Waals surface area contributed by atoms with Crippen LogP contribution in [-0.2, 0) is 11.2 Å². The van der Waals surface area contributed by atoms with Gasteiger partial charge in [-0.05, 0) is 55.2 Å². The predicted octanol–water partition coefficient (Wildman–Crippen LogP) is 5.63. The SMILES string of the molecule is CCCCCNc1c(C=CC(=O)NCCc2ccncc2)ccc(OC)c1OCCCCC. The largest absolute Gasteiger partial charge is 0.493 e. The summed E-state index contributed by atoms with van der Waals surface area (Å²) in [6, 6.07) is 7.77. The number of anilines is 1. The molecule has 1 aromatic carbocycles. The maximum atomic E-state index is 12.4. The molecular formula is C27H39N3O3. The molecular weight excluding hydrogens is 414 g/mol. The minimum absolute atomic E-state index is 0.123. The van der Waals surface area contributed by atoms with E-state index in [-0.39, 0.29) is 5.91 Å². The van der Waals surface area contributed by atoms with Crippen molar-refractivity contribution in [3.63, 3.8) is 0 Å². The second-order valence-corrected chi connectivity index (χ2v) is 7.98. The molecule has 6 nitrogen and oxygen atoms in total. The molecule has 2 rings (SSSR count). The monoisotopic (exact) mass is 453 g/mol. The van der Waals surface area contributed by atoms with Crippen molar-refractivity contribution >= 4 is 17.7 Å². The Morgan fingerprint density at radius 3 is 2.48 bits per heavy atom. The average Bonchev–Trinajstić information content (AvgIpc) is 2.84. The van der Waals surface area contributed by atoms with Crippen LogP contribution < -0.4 is 20.1 Å². The number of nitrogens with zero attached hydrogens (tertiary/aromatic N) is 1. The summed E-state index contributed by atoms with van der Waals surface area (Å²) in [5.41, 5.74) is 2.93. The number of carbonyl (C=O) groups excluding carboxylic acids is 1. The lowest BCUT2D eigenvalue weighted by Gasteiger charge is -2.19. The zero-order valence-electron chi connectivity index (χ0n) is 20.4. The molecule has 33 heavy (non-hydrogen) atoms. The van der Waals surface area contributed by atoms with Crippen LogP contribution in [0.3, 0.4) is 0 Å². The number of aromatic nitrogens is 1. The molecule has 0 aliphatic heterocycles. The van der Waals surface area contributed by atoms with E-state index in [1.54, 1.807) is 25.6 Å². The highest BCUT2D eigenvalue weighted by molar-refractivity contribution is 5.93. The van der Waals surface area contributed by atoms with Crippen molar-refractivity contribution in [3.8, 4) is 11.5 Å². The van der Waals surface area contributed by atoms with Crippen LogP contribution in [0.15, 0.2) is 42.7 Å². The first-order valence-corrected chi connectivity index (χ1v) is 12.1. The molecule has 2 N–H and O–H groups in total. The van der Waals surface area contributed by atoms with Gasteiger partial charge in [0.1, 0.15) is 0 Å². The predicted molar refractivity (Wildman–Crippen MR) is 136 cm³/mol. The van der Waals surface area contributed by atoms with Gasteiger partial charge in [0.05, 0.1) is 19.4 Å². The van der Waals surface area contributed by atoms with Crippen molar-refractivity contribution in [3.05, 3.63) is 53.9 Å². The van der Waals surface area contributed by atoms with Crippen LogP contribution in [0.4, 0.5) is 5.69 Å². The fourth-order valence-corrected chi connectivity index (χ4v) is 3.42. The number of hydrogen-bond donors (Lipinski definition) is 2. The first-order valence-electron chi connectivity index (χ1n) is 12.1. The van der Waals surface area contributed by atoms with E-state index in [9.17, 15) is 4.79 Å². The molecule has 2 aromatic rings. The average molecular weight is 454 g/mol. The van der Waals surface area contributed by atoms with Crippen molar-refractivity contribution in [2.24, 2.45) is 0 Å². The summed E-state index contributed by atoms with van der Waals surface area (Å²) < 4.78 is 11.7. The second-order valence-electron chi connectivity index (χ2n) is 7.98. The van der Waals surface area contributed by atoms with Gasteiger partial charge in [0.15, 0.2) is 11.5 Å². The zero-order chi connectivity index (χ0) is 23.7. The third kappa shape index (κ3) is 9.56. The van der Waals surface area contributed by atoms with E-state index in [0.29, 0.717) is 24.7 Å². The number of unbranched alkanes of at least 4 members (excludes halogenated alkanes) is 4. The van der Waals surface area contributed by atoms with Crippen LogP contribution in [0, 0.1) is 0 Å². The molecule has 1 aromatic heterocycles. The van der Waals surface area contributed by atoms with E-state index in [0.717, 1.165) is 68.3 Å². The van der Waals surface area contributed by atoms with Crippen LogP contribution in [0.2, 0.25) is 0 Å². The Kier molecular flexibility index (Phi) is 12.5. The minimum atomic E-state index is -0.123. The maximum Gasteiger partial charge on any atom is 0.244 e. The van der Waals surface area contributed by atoms with Crippen LogP contribution in [-0.4, -0.2) is 37.7 Å². The van der Waals surface area contributed by atoms with Gasteiger partial charge in [-0.1, -0.05) is 39.5 Å². The van der Waals surface area contributed by atoms with Gasteiger partial charge < -0.3 is 20.1 Å². The van der Waals surface area contributed by atoms with E-state index >= 15 is 0 Å². The van der Waals surface area contributed by atoms with Crippen molar-refractivity contribution in [1.29, 1.82) is 0 Å². The number of hydrogen-bond acceptors (Lipinski definition) is 5. The molecule has 0 bridgehead atoms. The molecule has 0 atom stereocenters. The van der Waals surface area contributed by atoms with Crippen molar-refractivity contribution in [2.75, 3.05) is 32.1 Å². The molecule has 1 heterocycles. The van der Waals surface area contributed by atoms with Gasteiger partial charge >= 0.3 is 0 Å². The van der Waals surface area contributed by atoms with Crippen molar-refractivity contribution in [2.45, 2.75) is 58.8 Å². The zero-order valence-corrected chi connectivity index (χ0v) is 20.4. The van der Waals surface area contributed by atoms with Gasteiger partial charge in [-0.15, -0.1) is 0 Å². The Bertz CT molecular complexity index is 853. The topological polar surface area (TPSA) is 72.5 Å². The fourth-order valence-electron chi connectivity index (χ4n) is 3.42. The molecule has 0 saturated heterocycles. The van der Waals surface area contributed by atoms with Crippen LogP contribution in [0.25, 0.3) is 6.08 Å². The summed E-state index contributed by atoms with van der Waals surface area (Å²) in [5.74, 6) is 1.29. The van der Waals surface area contributed by atoms with Crippen LogP contribution >= 0.6 is 0 Å². The van der Waals surface area contributed by atoms with E-state index in [1.807, 2.05) is 30.3 Å². The van der Waals surface area contributed by atoms with Gasteiger partial charge in [-0.25, -0.2) is 0 Å². The maximum absolute atomic E-state index is 12.4. The third-order valence-electron chi connectivity index (χ3n) is 5.33. The lowest BCUT2D eigenvalue weighted by molar-refractivity contribution is -0.116. The van der Waals surface area contributed by atoms with Gasteiger partial charge in [0, 0.05) is 37.1 Å². The van der Waals surface area contributed by atoms with E-state index in [1.165, 1.54) is 0 Å². The number of carbonyl (C=O) groups is 1. The Balaban J connectivity index is 2.10. The number of nitrogens with one attached hydrogen (secondary N) is 2. The smallest absolute Gasteiger partial charge is 0.244 e. The molecule has 0 spiro atoms. The molecule has 0 saturated carbocycles. The summed E-state index contributed by atoms with van der Waals surface area (Å²) in [4.78, 5) is 16.4. The summed E-state index contributed by atoms with van der Waals surface area (Å²) in [7, 11) is 1.65. The van der Waals surface area contributed by atoms with E-state index in [2.05, 4.69) is 29.5 Å². The molecule has 180 valence electrons. The van der Waals surface area contributed by atoms with Gasteiger partial charge in [-0.2, -0.15) is 0 Å². The Hall–Kier alpha value is -3.02. The standard InChI is InChI=1S/C27H39N3O3/c1-4-6-8-17-30-26-23(10-12-24(32-3)27(26)33-21-9-7-5-2)11-13-25(31)29-20-16-22-14-18-28-19-15-22/h10-15,18-19,30H,4-9,16-17,20-21H2,1-3H3,(H,29,31). The second kappa shape index (κ2) is 15.7. The molecule has 0 aliphatic carbocycles. The van der Waals surface area contributed by atoms with Crippen molar-refractivity contribution in [1.82, 2.24) is 10.3 Å². The summed E-state index contributed by atoms with van der Waals surface area (Å²) in [6.07, 6.45) is 14.4.